The van der Waals surface area contributed by atoms with Crippen molar-refractivity contribution < 1.29 is 14.3 Å². The third-order valence-corrected chi connectivity index (χ3v) is 9.99. The summed E-state index contributed by atoms with van der Waals surface area (Å²) in [6, 6.07) is 0. The number of carbonyl (C=O) groups is 2. The Bertz CT molecular complexity index is 855. The molecule has 1 fully saturated rings. The van der Waals surface area contributed by atoms with E-state index in [1.165, 1.54) is 31.9 Å². The first-order valence-corrected chi connectivity index (χ1v) is 13.5. The molecule has 0 aromatic rings. The Hall–Kier alpha value is -1.45. The lowest BCUT2D eigenvalue weighted by molar-refractivity contribution is -0.150. The van der Waals surface area contributed by atoms with Crippen LogP contribution in [0.1, 0.15) is 106 Å². The van der Waals surface area contributed by atoms with Crippen LogP contribution < -0.4 is 0 Å². The third kappa shape index (κ3) is 4.48. The highest BCUT2D eigenvalue weighted by atomic mass is 16.5. The molecule has 3 aliphatic carbocycles. The van der Waals surface area contributed by atoms with Crippen LogP contribution in [0, 0.1) is 34.5 Å². The molecule has 6 atom stereocenters. The maximum atomic E-state index is 12.3. The van der Waals surface area contributed by atoms with E-state index in [1.807, 2.05) is 13.8 Å². The highest BCUT2D eigenvalue weighted by Crippen LogP contribution is 2.60. The minimum Gasteiger partial charge on any atom is -0.463 e. The summed E-state index contributed by atoms with van der Waals surface area (Å²) >= 11 is 0. The second kappa shape index (κ2) is 9.30. The van der Waals surface area contributed by atoms with Crippen LogP contribution in [0.3, 0.4) is 0 Å². The lowest BCUT2D eigenvalue weighted by atomic mass is 9.50. The number of carbonyl (C=O) groups excluding carboxylic acids is 2. The average molecular weight is 456 g/mol. The first-order valence-electron chi connectivity index (χ1n) is 13.5. The molecule has 1 aliphatic heterocycles. The van der Waals surface area contributed by atoms with Crippen molar-refractivity contribution in [1.29, 1.82) is 0 Å². The molecule has 4 rings (SSSR count). The second-order valence-electron chi connectivity index (χ2n) is 12.3. The van der Waals surface area contributed by atoms with Gasteiger partial charge in [-0.15, -0.1) is 0 Å². The molecule has 0 unspecified atom stereocenters. The van der Waals surface area contributed by atoms with Crippen LogP contribution >= 0.6 is 0 Å². The van der Waals surface area contributed by atoms with Gasteiger partial charge in [-0.1, -0.05) is 40.2 Å². The first kappa shape index (κ1) is 24.7. The van der Waals surface area contributed by atoms with E-state index in [0.717, 1.165) is 51.5 Å². The number of ketones is 1. The molecule has 184 valence electrons. The molecule has 0 bridgehead atoms. The normalized spacial score (nSPS) is 36.9. The highest BCUT2D eigenvalue weighted by Gasteiger charge is 2.53. The quantitative estimate of drug-likeness (QED) is 0.418. The second-order valence-corrected chi connectivity index (χ2v) is 12.3. The Morgan fingerprint density at radius 3 is 2.52 bits per heavy atom. The van der Waals surface area contributed by atoms with Crippen molar-refractivity contribution in [2.75, 3.05) is 6.54 Å². The summed E-state index contributed by atoms with van der Waals surface area (Å²) in [5.41, 5.74) is 5.07. The fourth-order valence-corrected chi connectivity index (χ4v) is 7.94. The van der Waals surface area contributed by atoms with Gasteiger partial charge in [0.15, 0.2) is 0 Å². The molecule has 4 nitrogen and oxygen atoms in total. The van der Waals surface area contributed by atoms with Gasteiger partial charge in [-0.2, -0.15) is 0 Å². The molecule has 0 aromatic carbocycles. The van der Waals surface area contributed by atoms with E-state index in [2.05, 4.69) is 20.8 Å². The van der Waals surface area contributed by atoms with Crippen molar-refractivity contribution in [2.45, 2.75) is 112 Å². The molecule has 1 heterocycles. The molecular formula is C29H45NO3. The van der Waals surface area contributed by atoms with Gasteiger partial charge >= 0.3 is 5.97 Å². The zero-order valence-corrected chi connectivity index (χ0v) is 21.8. The van der Waals surface area contributed by atoms with Crippen LogP contribution in [-0.2, 0) is 14.3 Å². The molecule has 0 radical (unpaired) electrons. The topological polar surface area (TPSA) is 55.7 Å². The molecular weight excluding hydrogens is 410 g/mol. The number of rotatable bonds is 6. The van der Waals surface area contributed by atoms with Crippen molar-refractivity contribution in [1.82, 2.24) is 0 Å². The van der Waals surface area contributed by atoms with Gasteiger partial charge in [0.1, 0.15) is 11.9 Å². The summed E-state index contributed by atoms with van der Waals surface area (Å²) in [6.45, 7) is 13.9. The molecule has 33 heavy (non-hydrogen) atoms. The fourth-order valence-electron chi connectivity index (χ4n) is 7.94. The molecule has 4 aliphatic rings. The summed E-state index contributed by atoms with van der Waals surface area (Å²) in [5, 5.41) is 0. The molecule has 0 amide bonds. The van der Waals surface area contributed by atoms with Crippen molar-refractivity contribution in [3.8, 4) is 0 Å². The number of esters is 1. The van der Waals surface area contributed by atoms with Gasteiger partial charge in [0, 0.05) is 36.9 Å². The van der Waals surface area contributed by atoms with E-state index in [1.54, 1.807) is 11.1 Å². The standard InChI is InChI=1S/C29H45NO3/c1-18(2)26(32)10-7-19(3)24-13-16-30-27-23-9-8-21-17-22(33-20(4)31)11-14-28(21,5)25(23)12-15-29(24,27)6/h18-19,21-22,24H,7-17H2,1-6H3/t19-,21-,22-,24-,28+,29-/m1/s1. The van der Waals surface area contributed by atoms with Gasteiger partial charge in [-0.3, -0.25) is 14.6 Å². The van der Waals surface area contributed by atoms with Crippen LogP contribution in [0.2, 0.25) is 0 Å². The Balaban J connectivity index is 1.54. The van der Waals surface area contributed by atoms with Gasteiger partial charge in [-0.25, -0.2) is 0 Å². The van der Waals surface area contributed by atoms with Gasteiger partial charge < -0.3 is 4.74 Å². The first-order chi connectivity index (χ1) is 15.6. The molecule has 1 saturated carbocycles. The predicted molar refractivity (Wildman–Crippen MR) is 133 cm³/mol. The van der Waals surface area contributed by atoms with Gasteiger partial charge in [0.05, 0.1) is 0 Å². The smallest absolute Gasteiger partial charge is 0.302 e. The van der Waals surface area contributed by atoms with E-state index >= 15 is 0 Å². The maximum absolute atomic E-state index is 12.3. The summed E-state index contributed by atoms with van der Waals surface area (Å²) in [7, 11) is 0. The zero-order chi connectivity index (χ0) is 24.0. The number of ether oxygens (including phenoxy) is 1. The van der Waals surface area contributed by atoms with E-state index < -0.39 is 0 Å². The molecule has 0 saturated heterocycles. The Morgan fingerprint density at radius 1 is 1.06 bits per heavy atom. The minimum atomic E-state index is -0.139. The predicted octanol–water partition coefficient (Wildman–Crippen LogP) is 6.72. The number of nitrogens with zero attached hydrogens (tertiary/aromatic N) is 1. The Morgan fingerprint density at radius 2 is 1.82 bits per heavy atom. The lowest BCUT2D eigenvalue weighted by Gasteiger charge is -2.55. The summed E-state index contributed by atoms with van der Waals surface area (Å²) in [5.74, 6) is 2.19. The number of hydrogen-bond acceptors (Lipinski definition) is 4. The number of Topliss-reactive ketones (excluding diaryl/α,β-unsaturated/α-hetero) is 1. The number of fused-ring (bicyclic) bond motifs is 4. The molecule has 0 spiro atoms. The van der Waals surface area contributed by atoms with Crippen LogP contribution in [0.5, 0.6) is 0 Å². The Labute approximate surface area is 201 Å². The van der Waals surface area contributed by atoms with E-state index in [9.17, 15) is 9.59 Å². The molecule has 4 heteroatoms. The van der Waals surface area contributed by atoms with Crippen LogP contribution in [-0.4, -0.2) is 30.1 Å². The van der Waals surface area contributed by atoms with E-state index in [-0.39, 0.29) is 28.8 Å². The molecule has 0 N–H and O–H groups in total. The summed E-state index contributed by atoms with van der Waals surface area (Å²) in [4.78, 5) is 29.0. The van der Waals surface area contributed by atoms with Crippen LogP contribution in [0.4, 0.5) is 0 Å². The number of allylic oxidation sites excluding steroid dienone is 2. The van der Waals surface area contributed by atoms with Crippen molar-refractivity contribution in [3.05, 3.63) is 11.1 Å². The SMILES string of the molecule is CC(=O)O[C@@H]1CC[C@]2(C)C3=C(CC[C@@H]2C1)C1=NCC[C@H]([C@H](C)CCC(=O)C(C)C)[C@@]1(C)CC3. The van der Waals surface area contributed by atoms with Gasteiger partial charge in [0.2, 0.25) is 0 Å². The van der Waals surface area contributed by atoms with E-state index in [0.29, 0.717) is 23.5 Å². The fraction of sp³-hybridized carbons (Fsp3) is 0.828. The number of hydrogen-bond donors (Lipinski definition) is 0. The van der Waals surface area contributed by atoms with Crippen molar-refractivity contribution in [2.24, 2.45) is 39.5 Å². The Kier molecular flexibility index (Phi) is 6.95. The van der Waals surface area contributed by atoms with Gasteiger partial charge in [0.25, 0.3) is 0 Å². The van der Waals surface area contributed by atoms with E-state index in [4.69, 9.17) is 9.73 Å². The summed E-state index contributed by atoms with van der Waals surface area (Å²) < 4.78 is 5.62. The van der Waals surface area contributed by atoms with Crippen molar-refractivity contribution in [3.63, 3.8) is 0 Å². The number of aliphatic imine (C=N–C) groups is 1. The maximum Gasteiger partial charge on any atom is 0.302 e. The van der Waals surface area contributed by atoms with Crippen LogP contribution in [0.25, 0.3) is 0 Å². The van der Waals surface area contributed by atoms with Crippen LogP contribution in [0.15, 0.2) is 16.1 Å². The zero-order valence-electron chi connectivity index (χ0n) is 21.8. The minimum absolute atomic E-state index is 0.0994. The largest absolute Gasteiger partial charge is 0.463 e. The summed E-state index contributed by atoms with van der Waals surface area (Å²) in [6.07, 6.45) is 10.8. The highest BCUT2D eigenvalue weighted by molar-refractivity contribution is 6.06. The third-order valence-electron chi connectivity index (χ3n) is 9.99. The average Bonchev–Trinajstić information content (AvgIpc) is 2.76. The lowest BCUT2D eigenvalue weighted by Crippen LogP contribution is -2.50. The van der Waals surface area contributed by atoms with Crippen molar-refractivity contribution >= 4 is 17.5 Å². The monoisotopic (exact) mass is 455 g/mol. The molecule has 0 aromatic heterocycles. The van der Waals surface area contributed by atoms with Gasteiger partial charge in [-0.05, 0) is 86.5 Å².